The Labute approximate surface area is 122 Å². The Balaban J connectivity index is 2.96. The first kappa shape index (κ1) is 14.3. The summed E-state index contributed by atoms with van der Waals surface area (Å²) >= 11 is 6.14. The summed E-state index contributed by atoms with van der Waals surface area (Å²) in [5.41, 5.74) is 1.05. The quantitative estimate of drug-likeness (QED) is 0.801. The topological polar surface area (TPSA) is 34.9 Å². The van der Waals surface area contributed by atoms with Crippen LogP contribution in [0.15, 0.2) is 54.4 Å². The van der Waals surface area contributed by atoms with E-state index in [1.165, 1.54) is 4.57 Å². The van der Waals surface area contributed by atoms with Crippen molar-refractivity contribution in [2.24, 2.45) is 0 Å². The van der Waals surface area contributed by atoms with E-state index in [0.717, 1.165) is 0 Å². The minimum absolute atomic E-state index is 0.189. The first-order valence-electron chi connectivity index (χ1n) is 6.29. The molecule has 0 radical (unpaired) electrons. The molecule has 0 aliphatic rings. The number of halogens is 1. The van der Waals surface area contributed by atoms with E-state index in [1.54, 1.807) is 36.4 Å². The Hall–Kier alpha value is -2.13. The van der Waals surface area contributed by atoms with Crippen LogP contribution in [0.1, 0.15) is 12.7 Å². The SMILES string of the molecule is C=C/C=C(\C=C)n1c(CC)nc2cccc(Cl)c2c1=O. The molecule has 3 nitrogen and oxygen atoms in total. The number of hydrogen-bond donors (Lipinski definition) is 0. The van der Waals surface area contributed by atoms with E-state index in [9.17, 15) is 4.79 Å². The molecule has 20 heavy (non-hydrogen) atoms. The number of nitrogens with zero attached hydrogens (tertiary/aromatic N) is 2. The molecule has 0 fully saturated rings. The monoisotopic (exact) mass is 286 g/mol. The molecular weight excluding hydrogens is 272 g/mol. The predicted molar refractivity (Wildman–Crippen MR) is 85.1 cm³/mol. The summed E-state index contributed by atoms with van der Waals surface area (Å²) in [7, 11) is 0. The third-order valence-electron chi connectivity index (χ3n) is 2.99. The summed E-state index contributed by atoms with van der Waals surface area (Å²) in [5, 5.41) is 0.821. The lowest BCUT2D eigenvalue weighted by Crippen LogP contribution is -2.24. The van der Waals surface area contributed by atoms with Gasteiger partial charge in [0.25, 0.3) is 5.56 Å². The van der Waals surface area contributed by atoms with Crippen LogP contribution in [0.5, 0.6) is 0 Å². The second-order valence-electron chi connectivity index (χ2n) is 4.19. The average molecular weight is 287 g/mol. The molecule has 0 aliphatic heterocycles. The maximum atomic E-state index is 12.7. The van der Waals surface area contributed by atoms with E-state index >= 15 is 0 Å². The molecule has 0 amide bonds. The van der Waals surface area contributed by atoms with Gasteiger partial charge in [-0.05, 0) is 24.3 Å². The van der Waals surface area contributed by atoms with Gasteiger partial charge in [-0.1, -0.05) is 43.8 Å². The van der Waals surface area contributed by atoms with Crippen molar-refractivity contribution in [2.45, 2.75) is 13.3 Å². The lowest BCUT2D eigenvalue weighted by atomic mass is 10.2. The number of aromatic nitrogens is 2. The zero-order valence-electron chi connectivity index (χ0n) is 11.3. The highest BCUT2D eigenvalue weighted by atomic mass is 35.5. The summed E-state index contributed by atoms with van der Waals surface area (Å²) in [4.78, 5) is 17.2. The van der Waals surface area contributed by atoms with Crippen molar-refractivity contribution >= 4 is 28.2 Å². The Morgan fingerprint density at radius 1 is 1.45 bits per heavy atom. The zero-order valence-corrected chi connectivity index (χ0v) is 12.0. The largest absolute Gasteiger partial charge is 0.268 e. The normalized spacial score (nSPS) is 11.6. The van der Waals surface area contributed by atoms with Gasteiger partial charge < -0.3 is 0 Å². The molecule has 2 aromatic rings. The molecule has 102 valence electrons. The lowest BCUT2D eigenvalue weighted by Gasteiger charge is -2.13. The number of benzene rings is 1. The molecule has 1 aromatic carbocycles. The van der Waals surface area contributed by atoms with Crippen molar-refractivity contribution in [3.63, 3.8) is 0 Å². The van der Waals surface area contributed by atoms with Crippen molar-refractivity contribution in [3.05, 3.63) is 70.8 Å². The van der Waals surface area contributed by atoms with Gasteiger partial charge in [0.05, 0.1) is 15.9 Å². The third kappa shape index (κ3) is 2.32. The number of rotatable bonds is 4. The first-order chi connectivity index (χ1) is 9.63. The van der Waals surface area contributed by atoms with Crippen molar-refractivity contribution in [3.8, 4) is 0 Å². The fourth-order valence-electron chi connectivity index (χ4n) is 2.09. The average Bonchev–Trinajstić information content (AvgIpc) is 2.45. The highest BCUT2D eigenvalue weighted by Gasteiger charge is 2.13. The predicted octanol–water partition coefficient (Wildman–Crippen LogP) is 3.83. The fourth-order valence-corrected chi connectivity index (χ4v) is 2.34. The highest BCUT2D eigenvalue weighted by molar-refractivity contribution is 6.35. The third-order valence-corrected chi connectivity index (χ3v) is 3.30. The van der Waals surface area contributed by atoms with Gasteiger partial charge >= 0.3 is 0 Å². The summed E-state index contributed by atoms with van der Waals surface area (Å²) < 4.78 is 1.53. The van der Waals surface area contributed by atoms with Gasteiger partial charge in [0.15, 0.2) is 0 Å². The van der Waals surface area contributed by atoms with Gasteiger partial charge in [0.2, 0.25) is 0 Å². The van der Waals surface area contributed by atoms with Gasteiger partial charge in [-0.3, -0.25) is 9.36 Å². The molecule has 1 heterocycles. The summed E-state index contributed by atoms with van der Waals surface area (Å²) in [6.45, 7) is 9.34. The van der Waals surface area contributed by atoms with Crippen molar-refractivity contribution in [1.82, 2.24) is 9.55 Å². The van der Waals surface area contributed by atoms with Crippen LogP contribution >= 0.6 is 11.6 Å². The summed E-state index contributed by atoms with van der Waals surface area (Å²) in [6, 6.07) is 5.26. The smallest absolute Gasteiger partial charge is 0.267 e. The van der Waals surface area contributed by atoms with Crippen LogP contribution in [0.3, 0.4) is 0 Å². The van der Waals surface area contributed by atoms with Crippen LogP contribution in [0.4, 0.5) is 0 Å². The molecule has 0 saturated heterocycles. The Morgan fingerprint density at radius 3 is 2.80 bits per heavy atom. The number of allylic oxidation sites excluding steroid dienone is 4. The van der Waals surface area contributed by atoms with E-state index in [2.05, 4.69) is 18.1 Å². The Kier molecular flexibility index (Phi) is 4.20. The van der Waals surface area contributed by atoms with Crippen LogP contribution in [-0.4, -0.2) is 9.55 Å². The highest BCUT2D eigenvalue weighted by Crippen LogP contribution is 2.20. The summed E-state index contributed by atoms with van der Waals surface area (Å²) in [5.74, 6) is 0.665. The van der Waals surface area contributed by atoms with Gasteiger partial charge in [0, 0.05) is 12.1 Å². The number of hydrogen-bond acceptors (Lipinski definition) is 2. The van der Waals surface area contributed by atoms with E-state index in [-0.39, 0.29) is 5.56 Å². The molecular formula is C16H15ClN2O. The lowest BCUT2D eigenvalue weighted by molar-refractivity contribution is 0.852. The van der Waals surface area contributed by atoms with E-state index in [0.29, 0.717) is 33.9 Å². The molecule has 0 saturated carbocycles. The molecule has 0 atom stereocenters. The van der Waals surface area contributed by atoms with Gasteiger partial charge in [-0.15, -0.1) is 0 Å². The van der Waals surface area contributed by atoms with Crippen molar-refractivity contribution in [2.75, 3.05) is 0 Å². The van der Waals surface area contributed by atoms with E-state index in [1.807, 2.05) is 6.92 Å². The molecule has 4 heteroatoms. The van der Waals surface area contributed by atoms with Crippen molar-refractivity contribution in [1.29, 1.82) is 0 Å². The maximum absolute atomic E-state index is 12.7. The Morgan fingerprint density at radius 2 is 2.20 bits per heavy atom. The molecule has 0 unspecified atom stereocenters. The second kappa shape index (κ2) is 5.88. The molecule has 0 bridgehead atoms. The van der Waals surface area contributed by atoms with Crippen LogP contribution < -0.4 is 5.56 Å². The number of aryl methyl sites for hydroxylation is 1. The van der Waals surface area contributed by atoms with E-state index < -0.39 is 0 Å². The van der Waals surface area contributed by atoms with Crippen LogP contribution in [0, 0.1) is 0 Å². The zero-order chi connectivity index (χ0) is 14.7. The van der Waals surface area contributed by atoms with Gasteiger partial charge in [0.1, 0.15) is 5.82 Å². The van der Waals surface area contributed by atoms with Gasteiger partial charge in [-0.25, -0.2) is 4.98 Å². The summed E-state index contributed by atoms with van der Waals surface area (Å²) in [6.07, 6.45) is 5.56. The van der Waals surface area contributed by atoms with E-state index in [4.69, 9.17) is 11.6 Å². The Bertz CT molecular complexity index is 772. The molecule has 1 aromatic heterocycles. The molecule has 0 aliphatic carbocycles. The first-order valence-corrected chi connectivity index (χ1v) is 6.67. The second-order valence-corrected chi connectivity index (χ2v) is 4.59. The molecule has 2 rings (SSSR count). The minimum atomic E-state index is -0.189. The number of fused-ring (bicyclic) bond motifs is 1. The standard InChI is InChI=1S/C16H15ClN2O/c1-4-8-11(5-2)19-14(6-3)18-13-10-7-9-12(17)15(13)16(19)20/h4-5,7-10H,1-2,6H2,3H3/b11-8+. The van der Waals surface area contributed by atoms with Crippen molar-refractivity contribution < 1.29 is 0 Å². The minimum Gasteiger partial charge on any atom is -0.268 e. The van der Waals surface area contributed by atoms with Crippen LogP contribution in [0.25, 0.3) is 16.6 Å². The van der Waals surface area contributed by atoms with Crippen LogP contribution in [0.2, 0.25) is 5.02 Å². The van der Waals surface area contributed by atoms with Gasteiger partial charge in [-0.2, -0.15) is 0 Å². The fraction of sp³-hybridized carbons (Fsp3) is 0.125. The maximum Gasteiger partial charge on any atom is 0.267 e. The van der Waals surface area contributed by atoms with Crippen LogP contribution in [-0.2, 0) is 6.42 Å². The molecule has 0 N–H and O–H groups in total. The molecule has 0 spiro atoms.